The second-order valence-corrected chi connectivity index (χ2v) is 8.24. The smallest absolute Gasteiger partial charge is 0.266 e. The predicted molar refractivity (Wildman–Crippen MR) is 92.2 cm³/mol. The van der Waals surface area contributed by atoms with Gasteiger partial charge in [-0.3, -0.25) is 4.79 Å². The van der Waals surface area contributed by atoms with E-state index in [1.165, 1.54) is 6.92 Å². The van der Waals surface area contributed by atoms with Crippen LogP contribution in [0.3, 0.4) is 0 Å². The van der Waals surface area contributed by atoms with Crippen LogP contribution >= 0.6 is 11.3 Å². The van der Waals surface area contributed by atoms with Crippen molar-refractivity contribution in [2.45, 2.75) is 52.0 Å². The van der Waals surface area contributed by atoms with E-state index < -0.39 is 5.54 Å². The summed E-state index contributed by atoms with van der Waals surface area (Å²) >= 11 is 1.58. The summed E-state index contributed by atoms with van der Waals surface area (Å²) in [6, 6.07) is 0. The Labute approximate surface area is 145 Å². The van der Waals surface area contributed by atoms with Crippen molar-refractivity contribution in [2.24, 2.45) is 0 Å². The van der Waals surface area contributed by atoms with Gasteiger partial charge in [0.2, 0.25) is 11.8 Å². The van der Waals surface area contributed by atoms with Crippen molar-refractivity contribution in [3.63, 3.8) is 0 Å². The fraction of sp³-hybridized carbons (Fsp3) is 0.625. The number of hydrogen-bond donors (Lipinski definition) is 1. The first-order valence-corrected chi connectivity index (χ1v) is 8.88. The number of aryl methyl sites for hydroxylation is 1. The summed E-state index contributed by atoms with van der Waals surface area (Å²) in [5, 5.41) is 10.2. The maximum absolute atomic E-state index is 11.8. The fourth-order valence-corrected chi connectivity index (χ4v) is 3.84. The van der Waals surface area contributed by atoms with Crippen molar-refractivity contribution in [3.05, 3.63) is 22.0 Å². The molecule has 0 bridgehead atoms. The Hall–Kier alpha value is -1.96. The third-order valence-electron chi connectivity index (χ3n) is 4.05. The number of rotatable bonds is 3. The van der Waals surface area contributed by atoms with Gasteiger partial charge in [0.05, 0.1) is 6.54 Å². The molecule has 3 rings (SSSR count). The summed E-state index contributed by atoms with van der Waals surface area (Å²) < 4.78 is 5.40. The van der Waals surface area contributed by atoms with Gasteiger partial charge in [0.1, 0.15) is 10.5 Å². The molecule has 1 atom stereocenters. The molecule has 0 aliphatic carbocycles. The first-order valence-electron chi connectivity index (χ1n) is 8.00. The van der Waals surface area contributed by atoms with Gasteiger partial charge in [-0.2, -0.15) is 4.98 Å². The van der Waals surface area contributed by atoms with E-state index in [0.29, 0.717) is 18.4 Å². The van der Waals surface area contributed by atoms with Crippen molar-refractivity contribution in [3.8, 4) is 0 Å². The molecule has 1 N–H and O–H groups in total. The topological polar surface area (TPSA) is 84.2 Å². The summed E-state index contributed by atoms with van der Waals surface area (Å²) in [5.41, 5.74) is 0.284. The monoisotopic (exact) mass is 349 g/mol. The van der Waals surface area contributed by atoms with E-state index in [2.05, 4.69) is 20.4 Å². The summed E-state index contributed by atoms with van der Waals surface area (Å²) in [7, 11) is 0. The number of thiazole rings is 1. The van der Waals surface area contributed by atoms with Gasteiger partial charge in [0.25, 0.3) is 5.95 Å². The summed E-state index contributed by atoms with van der Waals surface area (Å²) in [6.07, 6.45) is 0.763. The van der Waals surface area contributed by atoms with Gasteiger partial charge in [-0.1, -0.05) is 20.8 Å². The van der Waals surface area contributed by atoms with Gasteiger partial charge in [-0.25, -0.2) is 4.98 Å². The van der Waals surface area contributed by atoms with Crippen molar-refractivity contribution in [2.75, 3.05) is 18.0 Å². The van der Waals surface area contributed by atoms with Crippen LogP contribution in [-0.2, 0) is 15.7 Å². The molecule has 3 heterocycles. The van der Waals surface area contributed by atoms with Gasteiger partial charge < -0.3 is 14.7 Å². The first-order chi connectivity index (χ1) is 11.2. The standard InChI is InChI=1S/C16H23N5O2S/c1-10-8-24-13(17-10)16(19-11(2)22)6-7-21(9-16)14-18-12(23-20-14)15(3,4)5/h8H,6-7,9H2,1-5H3,(H,19,22). The van der Waals surface area contributed by atoms with Crippen LogP contribution in [0.2, 0.25) is 0 Å². The van der Waals surface area contributed by atoms with E-state index in [9.17, 15) is 4.79 Å². The van der Waals surface area contributed by atoms with E-state index in [1.54, 1.807) is 11.3 Å². The largest absolute Gasteiger partial charge is 0.343 e. The lowest BCUT2D eigenvalue weighted by Crippen LogP contribution is -2.47. The van der Waals surface area contributed by atoms with E-state index >= 15 is 0 Å². The SMILES string of the molecule is CC(=O)NC1(c2nc(C)cs2)CCN(c2noc(C(C)(C)C)n2)C1. The second-order valence-electron chi connectivity index (χ2n) is 7.38. The van der Waals surface area contributed by atoms with Gasteiger partial charge in [-0.05, 0) is 18.5 Å². The third kappa shape index (κ3) is 3.15. The highest BCUT2D eigenvalue weighted by Gasteiger charge is 2.44. The Morgan fingerprint density at radius 2 is 2.17 bits per heavy atom. The highest BCUT2D eigenvalue weighted by molar-refractivity contribution is 7.09. The molecule has 24 heavy (non-hydrogen) atoms. The molecule has 2 aromatic heterocycles. The summed E-state index contributed by atoms with van der Waals surface area (Å²) in [4.78, 5) is 22.9. The number of aromatic nitrogens is 3. The highest BCUT2D eigenvalue weighted by Crippen LogP contribution is 2.36. The molecule has 0 radical (unpaired) electrons. The zero-order valence-corrected chi connectivity index (χ0v) is 15.5. The molecule has 2 aromatic rings. The quantitative estimate of drug-likeness (QED) is 0.916. The number of nitrogens with one attached hydrogen (secondary N) is 1. The Morgan fingerprint density at radius 1 is 1.42 bits per heavy atom. The zero-order valence-electron chi connectivity index (χ0n) is 14.7. The average Bonchev–Trinajstić information content (AvgIpc) is 3.15. The summed E-state index contributed by atoms with van der Waals surface area (Å²) in [5.74, 6) is 1.12. The minimum atomic E-state index is -0.493. The predicted octanol–water partition coefficient (Wildman–Crippen LogP) is 2.37. The highest BCUT2D eigenvalue weighted by atomic mass is 32.1. The minimum Gasteiger partial charge on any atom is -0.343 e. The number of hydrogen-bond acceptors (Lipinski definition) is 7. The molecule has 0 spiro atoms. The van der Waals surface area contributed by atoms with Crippen molar-refractivity contribution >= 4 is 23.2 Å². The van der Waals surface area contributed by atoms with Crippen LogP contribution < -0.4 is 10.2 Å². The zero-order chi connectivity index (χ0) is 17.5. The lowest BCUT2D eigenvalue weighted by molar-refractivity contribution is -0.120. The van der Waals surface area contributed by atoms with Crippen LogP contribution in [0.5, 0.6) is 0 Å². The normalized spacial score (nSPS) is 21.3. The number of carbonyl (C=O) groups excluding carboxylic acids is 1. The van der Waals surface area contributed by atoms with Gasteiger partial charge in [-0.15, -0.1) is 11.3 Å². The first kappa shape index (κ1) is 16.9. The lowest BCUT2D eigenvalue weighted by Gasteiger charge is -2.27. The number of carbonyl (C=O) groups is 1. The third-order valence-corrected chi connectivity index (χ3v) is 5.22. The molecule has 1 aliphatic rings. The Morgan fingerprint density at radius 3 is 2.71 bits per heavy atom. The number of amides is 1. The molecular formula is C16H23N5O2S. The molecule has 130 valence electrons. The van der Waals surface area contributed by atoms with E-state index in [1.807, 2.05) is 38.0 Å². The van der Waals surface area contributed by atoms with Gasteiger partial charge in [0.15, 0.2) is 0 Å². The van der Waals surface area contributed by atoms with Crippen LogP contribution in [0, 0.1) is 6.92 Å². The average molecular weight is 349 g/mol. The van der Waals surface area contributed by atoms with Gasteiger partial charge in [0, 0.05) is 30.0 Å². The summed E-state index contributed by atoms with van der Waals surface area (Å²) in [6.45, 7) is 10.9. The van der Waals surface area contributed by atoms with Crippen LogP contribution in [0.4, 0.5) is 5.95 Å². The molecule has 1 saturated heterocycles. The van der Waals surface area contributed by atoms with Crippen LogP contribution in [0.1, 0.15) is 50.7 Å². The lowest BCUT2D eigenvalue weighted by atomic mass is 9.97. The van der Waals surface area contributed by atoms with Crippen LogP contribution in [0.15, 0.2) is 9.90 Å². The molecule has 7 nitrogen and oxygen atoms in total. The van der Waals surface area contributed by atoms with Crippen molar-refractivity contribution in [1.29, 1.82) is 0 Å². The molecule has 0 saturated carbocycles. The van der Waals surface area contributed by atoms with E-state index in [0.717, 1.165) is 23.7 Å². The van der Waals surface area contributed by atoms with Gasteiger partial charge >= 0.3 is 0 Å². The molecule has 8 heteroatoms. The van der Waals surface area contributed by atoms with Crippen LogP contribution in [0.25, 0.3) is 0 Å². The molecule has 1 fully saturated rings. The van der Waals surface area contributed by atoms with E-state index in [-0.39, 0.29) is 11.3 Å². The molecule has 1 unspecified atom stereocenters. The number of nitrogens with zero attached hydrogens (tertiary/aromatic N) is 4. The minimum absolute atomic E-state index is 0.0619. The number of anilines is 1. The Bertz CT molecular complexity index is 748. The van der Waals surface area contributed by atoms with Crippen molar-refractivity contribution < 1.29 is 9.32 Å². The molecule has 1 amide bonds. The molecule has 1 aliphatic heterocycles. The Kier molecular flexibility index (Phi) is 4.11. The maximum atomic E-state index is 11.8. The van der Waals surface area contributed by atoms with Crippen LogP contribution in [-0.4, -0.2) is 34.1 Å². The fourth-order valence-electron chi connectivity index (χ4n) is 2.87. The van der Waals surface area contributed by atoms with E-state index in [4.69, 9.17) is 4.52 Å². The molecule has 0 aromatic carbocycles. The maximum Gasteiger partial charge on any atom is 0.266 e. The Balaban J connectivity index is 1.87. The second kappa shape index (κ2) is 5.84. The van der Waals surface area contributed by atoms with Crippen molar-refractivity contribution in [1.82, 2.24) is 20.4 Å². The molecular weight excluding hydrogens is 326 g/mol.